The first kappa shape index (κ1) is 11.2. The number of anilines is 1. The molecule has 0 saturated carbocycles. The molecule has 15 heavy (non-hydrogen) atoms. The molecule has 0 bridgehead atoms. The first-order chi connectivity index (χ1) is 6.99. The summed E-state index contributed by atoms with van der Waals surface area (Å²) in [5.41, 5.74) is -0.0679. The van der Waals surface area contributed by atoms with E-state index in [4.69, 9.17) is 5.11 Å². The number of alkyl halides is 2. The summed E-state index contributed by atoms with van der Waals surface area (Å²) in [6.45, 7) is -3.13. The Morgan fingerprint density at radius 3 is 2.60 bits per heavy atom. The van der Waals surface area contributed by atoms with Crippen molar-refractivity contribution in [1.29, 1.82) is 0 Å². The number of carboxylic acid groups (broad SMARTS) is 1. The van der Waals surface area contributed by atoms with Crippen molar-refractivity contribution < 1.29 is 27.8 Å². The van der Waals surface area contributed by atoms with Crippen molar-refractivity contribution in [2.24, 2.45) is 0 Å². The highest BCUT2D eigenvalue weighted by Gasteiger charge is 2.10. The van der Waals surface area contributed by atoms with Gasteiger partial charge >= 0.3 is 12.7 Å². The quantitative estimate of drug-likeness (QED) is 0.824. The zero-order valence-corrected chi connectivity index (χ0v) is 7.21. The van der Waals surface area contributed by atoms with E-state index in [1.165, 1.54) is 0 Å². The molecule has 0 fully saturated rings. The summed E-state index contributed by atoms with van der Waals surface area (Å²) >= 11 is 0. The topological polar surface area (TPSA) is 58.6 Å². The lowest BCUT2D eigenvalue weighted by Crippen LogP contribution is -2.08. The van der Waals surface area contributed by atoms with Gasteiger partial charge in [-0.2, -0.15) is 8.78 Å². The molecule has 0 unspecified atom stereocenters. The van der Waals surface area contributed by atoms with Gasteiger partial charge in [-0.3, -0.25) is 5.32 Å². The fraction of sp³-hybridized carbons (Fsp3) is 0.125. The molecule has 1 rings (SSSR count). The minimum absolute atomic E-state index is 0.0679. The Hall–Kier alpha value is -1.92. The highest BCUT2D eigenvalue weighted by atomic mass is 19.3. The Morgan fingerprint density at radius 1 is 1.47 bits per heavy atom. The van der Waals surface area contributed by atoms with Crippen LogP contribution in [0, 0.1) is 5.82 Å². The van der Waals surface area contributed by atoms with Crippen molar-refractivity contribution in [2.75, 3.05) is 5.32 Å². The van der Waals surface area contributed by atoms with Gasteiger partial charge in [-0.05, 0) is 12.1 Å². The second kappa shape index (κ2) is 4.54. The van der Waals surface area contributed by atoms with Crippen molar-refractivity contribution in [2.45, 2.75) is 6.61 Å². The van der Waals surface area contributed by atoms with E-state index in [0.717, 1.165) is 18.2 Å². The minimum atomic E-state index is -3.13. The molecule has 0 aliphatic rings. The summed E-state index contributed by atoms with van der Waals surface area (Å²) in [6, 6.07) is 2.76. The summed E-state index contributed by atoms with van der Waals surface area (Å²) in [6.07, 6.45) is -1.38. The average molecular weight is 221 g/mol. The maximum Gasteiger partial charge on any atom is 0.409 e. The molecule has 4 nitrogen and oxygen atoms in total. The van der Waals surface area contributed by atoms with E-state index in [0.29, 0.717) is 0 Å². The predicted octanol–water partition coefficient (Wildman–Crippen LogP) is 2.52. The van der Waals surface area contributed by atoms with E-state index in [1.54, 1.807) is 0 Å². The number of carbonyl (C=O) groups is 1. The second-order valence-corrected chi connectivity index (χ2v) is 2.45. The third-order valence-corrected chi connectivity index (χ3v) is 1.40. The highest BCUT2D eigenvalue weighted by Crippen LogP contribution is 2.22. The molecule has 82 valence electrons. The monoisotopic (exact) mass is 221 g/mol. The predicted molar refractivity (Wildman–Crippen MR) is 44.7 cm³/mol. The maximum atomic E-state index is 13.0. The Labute approximate surface area is 82.3 Å². The molecule has 2 N–H and O–H groups in total. The number of ether oxygens (including phenoxy) is 1. The van der Waals surface area contributed by atoms with E-state index < -0.39 is 24.3 Å². The van der Waals surface area contributed by atoms with E-state index in [2.05, 4.69) is 4.74 Å². The molecule has 0 aliphatic heterocycles. The number of rotatable bonds is 3. The van der Waals surface area contributed by atoms with Crippen LogP contribution in [0.2, 0.25) is 0 Å². The van der Waals surface area contributed by atoms with Gasteiger partial charge in [-0.1, -0.05) is 0 Å². The van der Waals surface area contributed by atoms with Crippen LogP contribution in [-0.2, 0) is 0 Å². The van der Waals surface area contributed by atoms with Gasteiger partial charge in [0.25, 0.3) is 0 Å². The zero-order chi connectivity index (χ0) is 11.4. The van der Waals surface area contributed by atoms with Gasteiger partial charge in [0.15, 0.2) is 11.6 Å². The van der Waals surface area contributed by atoms with Crippen molar-refractivity contribution in [3.8, 4) is 5.75 Å². The van der Waals surface area contributed by atoms with E-state index in [1.807, 2.05) is 5.32 Å². The molecule has 0 saturated heterocycles. The van der Waals surface area contributed by atoms with Gasteiger partial charge in [-0.15, -0.1) is 0 Å². The van der Waals surface area contributed by atoms with E-state index in [-0.39, 0.29) is 5.69 Å². The smallest absolute Gasteiger partial charge is 0.409 e. The van der Waals surface area contributed by atoms with Crippen LogP contribution in [0.5, 0.6) is 5.75 Å². The molecule has 0 heterocycles. The molecule has 7 heteroatoms. The molecule has 1 amide bonds. The summed E-state index contributed by atoms with van der Waals surface area (Å²) in [7, 11) is 0. The summed E-state index contributed by atoms with van der Waals surface area (Å²) in [4.78, 5) is 10.2. The number of hydrogen-bond donors (Lipinski definition) is 2. The van der Waals surface area contributed by atoms with Crippen LogP contribution in [0.25, 0.3) is 0 Å². The molecule has 1 aromatic rings. The van der Waals surface area contributed by atoms with Gasteiger partial charge in [0, 0.05) is 11.8 Å². The van der Waals surface area contributed by atoms with Crippen LogP contribution in [-0.4, -0.2) is 17.8 Å². The van der Waals surface area contributed by atoms with Gasteiger partial charge < -0.3 is 9.84 Å². The molecular weight excluding hydrogens is 215 g/mol. The number of hydrogen-bond acceptors (Lipinski definition) is 2. The van der Waals surface area contributed by atoms with Gasteiger partial charge in [0.1, 0.15) is 0 Å². The lowest BCUT2D eigenvalue weighted by molar-refractivity contribution is -0.0521. The van der Waals surface area contributed by atoms with Crippen molar-refractivity contribution in [3.05, 3.63) is 24.0 Å². The zero-order valence-electron chi connectivity index (χ0n) is 7.21. The summed E-state index contributed by atoms with van der Waals surface area (Å²) < 4.78 is 40.2. The minimum Gasteiger partial charge on any atom is -0.465 e. The lowest BCUT2D eigenvalue weighted by Gasteiger charge is -2.06. The van der Waals surface area contributed by atoms with Gasteiger partial charge in [0.05, 0.1) is 0 Å². The standard InChI is InChI=1S/C8H6F3NO3/c9-5-3-4(12-8(13)14)1-2-6(5)15-7(10)11/h1-3,7,12H,(H,13,14). The third-order valence-electron chi connectivity index (χ3n) is 1.40. The first-order valence-corrected chi connectivity index (χ1v) is 3.73. The number of amides is 1. The number of benzene rings is 1. The Morgan fingerprint density at radius 2 is 2.13 bits per heavy atom. The molecule has 0 aromatic heterocycles. The fourth-order valence-corrected chi connectivity index (χ4v) is 0.894. The molecule has 0 radical (unpaired) electrons. The summed E-state index contributed by atoms with van der Waals surface area (Å²) in [5.74, 6) is -1.71. The van der Waals surface area contributed by atoms with Crippen LogP contribution in [0.3, 0.4) is 0 Å². The van der Waals surface area contributed by atoms with Crippen molar-refractivity contribution in [3.63, 3.8) is 0 Å². The number of nitrogens with one attached hydrogen (secondary N) is 1. The molecule has 0 spiro atoms. The van der Waals surface area contributed by atoms with Crippen LogP contribution in [0.4, 0.5) is 23.7 Å². The Balaban J connectivity index is 2.83. The normalized spacial score (nSPS) is 10.1. The van der Waals surface area contributed by atoms with E-state index >= 15 is 0 Å². The first-order valence-electron chi connectivity index (χ1n) is 3.73. The summed E-state index contributed by atoms with van der Waals surface area (Å²) in [5, 5.41) is 10.1. The van der Waals surface area contributed by atoms with Crippen LogP contribution in [0.15, 0.2) is 18.2 Å². The second-order valence-electron chi connectivity index (χ2n) is 2.45. The van der Waals surface area contributed by atoms with Crippen LogP contribution >= 0.6 is 0 Å². The number of halogens is 3. The Bertz CT molecular complexity index is 370. The fourth-order valence-electron chi connectivity index (χ4n) is 0.894. The van der Waals surface area contributed by atoms with E-state index in [9.17, 15) is 18.0 Å². The largest absolute Gasteiger partial charge is 0.465 e. The van der Waals surface area contributed by atoms with Crippen LogP contribution in [0.1, 0.15) is 0 Å². The molecule has 0 aliphatic carbocycles. The van der Waals surface area contributed by atoms with Crippen molar-refractivity contribution >= 4 is 11.8 Å². The van der Waals surface area contributed by atoms with Gasteiger partial charge in [-0.25, -0.2) is 9.18 Å². The SMILES string of the molecule is O=C(O)Nc1ccc(OC(F)F)c(F)c1. The van der Waals surface area contributed by atoms with Gasteiger partial charge in [0.2, 0.25) is 0 Å². The lowest BCUT2D eigenvalue weighted by atomic mass is 10.3. The Kier molecular flexibility index (Phi) is 3.37. The maximum absolute atomic E-state index is 13.0. The highest BCUT2D eigenvalue weighted by molar-refractivity contribution is 5.82. The third kappa shape index (κ3) is 3.37. The molecule has 0 atom stereocenters. The van der Waals surface area contributed by atoms with Crippen molar-refractivity contribution in [1.82, 2.24) is 0 Å². The molecule has 1 aromatic carbocycles. The molecular formula is C8H6F3NO3. The average Bonchev–Trinajstić information content (AvgIpc) is 2.08. The van der Waals surface area contributed by atoms with Crippen LogP contribution < -0.4 is 10.1 Å².